The van der Waals surface area contributed by atoms with Gasteiger partial charge < -0.3 is 15.2 Å². The predicted octanol–water partition coefficient (Wildman–Crippen LogP) is 2.79. The molecule has 4 heterocycles. The summed E-state index contributed by atoms with van der Waals surface area (Å²) in [6.45, 7) is 2.09. The summed E-state index contributed by atoms with van der Waals surface area (Å²) in [5, 5.41) is 23.5. The molecule has 5 rings (SSSR count). The Morgan fingerprint density at radius 2 is 2.14 bits per heavy atom. The number of phenols is 1. The van der Waals surface area contributed by atoms with Gasteiger partial charge in [-0.2, -0.15) is 0 Å². The number of phenolic OH excluding ortho intramolecular Hbond substituents is 1. The third-order valence-corrected chi connectivity index (χ3v) is 5.76. The molecule has 2 aromatic heterocycles. The average molecular weight is 381 g/mol. The summed E-state index contributed by atoms with van der Waals surface area (Å²) < 4.78 is 20.4. The molecule has 2 bridgehead atoms. The minimum absolute atomic E-state index is 0.0470. The first-order valence-electron chi connectivity index (χ1n) is 9.36. The second-order valence-electron chi connectivity index (χ2n) is 7.87. The molecule has 28 heavy (non-hydrogen) atoms. The first-order chi connectivity index (χ1) is 13.5. The molecule has 0 amide bonds. The van der Waals surface area contributed by atoms with E-state index in [2.05, 4.69) is 32.4 Å². The zero-order valence-corrected chi connectivity index (χ0v) is 15.3. The third-order valence-electron chi connectivity index (χ3n) is 5.76. The van der Waals surface area contributed by atoms with Crippen molar-refractivity contribution in [2.75, 3.05) is 0 Å². The van der Waals surface area contributed by atoms with Gasteiger partial charge in [-0.1, -0.05) is 5.10 Å². The number of pyridine rings is 1. The van der Waals surface area contributed by atoms with Gasteiger partial charge in [-0.05, 0) is 43.4 Å². The number of nitrogens with zero attached hydrogens (tertiary/aromatic N) is 4. The van der Waals surface area contributed by atoms with Crippen molar-refractivity contribution in [3.63, 3.8) is 0 Å². The molecule has 1 aromatic carbocycles. The van der Waals surface area contributed by atoms with Crippen molar-refractivity contribution in [1.82, 2.24) is 25.5 Å². The number of aromatic nitrogens is 4. The summed E-state index contributed by atoms with van der Waals surface area (Å²) >= 11 is 0. The molecule has 144 valence electrons. The van der Waals surface area contributed by atoms with Gasteiger partial charge >= 0.3 is 6.01 Å². The van der Waals surface area contributed by atoms with Crippen molar-refractivity contribution in [3.05, 3.63) is 36.8 Å². The van der Waals surface area contributed by atoms with Crippen LogP contribution in [0.15, 0.2) is 36.8 Å². The van der Waals surface area contributed by atoms with Crippen LogP contribution >= 0.6 is 0 Å². The van der Waals surface area contributed by atoms with E-state index < -0.39 is 12.3 Å². The summed E-state index contributed by atoms with van der Waals surface area (Å²) in [6.07, 6.45) is 5.47. The number of aromatic hydroxyl groups is 1. The summed E-state index contributed by atoms with van der Waals surface area (Å²) in [6, 6.07) is 5.15. The molecule has 2 saturated heterocycles. The summed E-state index contributed by atoms with van der Waals surface area (Å²) in [5.41, 5.74) is 0.829. The Balaban J connectivity index is 1.38. The molecule has 2 N–H and O–H groups in total. The van der Waals surface area contributed by atoms with E-state index in [0.717, 1.165) is 23.6 Å². The molecule has 7 nitrogen and oxygen atoms in total. The lowest BCUT2D eigenvalue weighted by Crippen LogP contribution is -2.57. The number of ether oxygens (including phenoxy) is 1. The van der Waals surface area contributed by atoms with Gasteiger partial charge in [0.2, 0.25) is 0 Å². The predicted molar refractivity (Wildman–Crippen MR) is 101 cm³/mol. The first kappa shape index (κ1) is 17.2. The van der Waals surface area contributed by atoms with Gasteiger partial charge in [0.05, 0.1) is 6.20 Å². The number of nitrogens with one attached hydrogen (secondary N) is 1. The Labute approximate surface area is 161 Å². The van der Waals surface area contributed by atoms with Gasteiger partial charge in [-0.3, -0.25) is 4.98 Å². The zero-order valence-electron chi connectivity index (χ0n) is 15.3. The molecule has 2 aliphatic heterocycles. The second-order valence-corrected chi connectivity index (χ2v) is 7.87. The Hall–Kier alpha value is -2.87. The standard InChI is InChI=1S/C20H20FN5O2/c1-20-4-2-14(24-20)18(21)17(8-20)28-19-23-10-15(25-26-19)13-6-11-3-5-22-9-12(11)7-16(13)27/h3,5-7,9-10,14,17-18,24,27H,2,4,8H2,1H3/t14-,17+,18+,20+/m1/s1. The highest BCUT2D eigenvalue weighted by molar-refractivity contribution is 5.89. The minimum atomic E-state index is -1.10. The minimum Gasteiger partial charge on any atom is -0.507 e. The molecule has 8 heteroatoms. The number of rotatable bonds is 3. The number of benzene rings is 1. The van der Waals surface area contributed by atoms with Crippen LogP contribution in [0.1, 0.15) is 26.2 Å². The number of hydrogen-bond acceptors (Lipinski definition) is 7. The van der Waals surface area contributed by atoms with Crippen molar-refractivity contribution in [3.8, 4) is 23.0 Å². The maximum atomic E-state index is 14.6. The monoisotopic (exact) mass is 381 g/mol. The van der Waals surface area contributed by atoms with E-state index in [9.17, 15) is 9.50 Å². The lowest BCUT2D eigenvalue weighted by atomic mass is 9.90. The number of hydrogen-bond donors (Lipinski definition) is 2. The van der Waals surface area contributed by atoms with Crippen LogP contribution in [0.2, 0.25) is 0 Å². The molecule has 2 aliphatic rings. The third kappa shape index (κ3) is 2.93. The largest absolute Gasteiger partial charge is 0.507 e. The van der Waals surface area contributed by atoms with Gasteiger partial charge in [0.1, 0.15) is 17.5 Å². The SMILES string of the molecule is C[C@@]12CC[C@@H](N1)[C@H](F)[C@@H](Oc1ncc(-c3cc4ccncc4cc3O)nn1)C2. The van der Waals surface area contributed by atoms with Crippen LogP contribution in [-0.2, 0) is 0 Å². The molecular formula is C20H20FN5O2. The van der Waals surface area contributed by atoms with Crippen molar-refractivity contribution >= 4 is 10.8 Å². The van der Waals surface area contributed by atoms with Crippen molar-refractivity contribution in [2.24, 2.45) is 0 Å². The normalized spacial score (nSPS) is 29.1. The molecular weight excluding hydrogens is 361 g/mol. The van der Waals surface area contributed by atoms with E-state index in [4.69, 9.17) is 4.74 Å². The van der Waals surface area contributed by atoms with Crippen LogP contribution in [0.25, 0.3) is 22.0 Å². The number of halogens is 1. The Kier molecular flexibility index (Phi) is 3.90. The molecule has 0 radical (unpaired) electrons. The quantitative estimate of drug-likeness (QED) is 0.721. The van der Waals surface area contributed by atoms with Gasteiger partial charge in [-0.15, -0.1) is 5.10 Å². The molecule has 3 aromatic rings. The van der Waals surface area contributed by atoms with E-state index in [1.165, 1.54) is 6.20 Å². The highest BCUT2D eigenvalue weighted by Gasteiger charge is 2.49. The summed E-state index contributed by atoms with van der Waals surface area (Å²) in [5.74, 6) is 0.0666. The highest BCUT2D eigenvalue weighted by atomic mass is 19.1. The van der Waals surface area contributed by atoms with Crippen LogP contribution in [0.4, 0.5) is 4.39 Å². The van der Waals surface area contributed by atoms with Crippen LogP contribution in [-0.4, -0.2) is 49.1 Å². The van der Waals surface area contributed by atoms with E-state index in [-0.39, 0.29) is 23.3 Å². The number of fused-ring (bicyclic) bond motifs is 3. The fourth-order valence-corrected chi connectivity index (χ4v) is 4.29. The molecule has 4 atom stereocenters. The number of alkyl halides is 1. The van der Waals surface area contributed by atoms with E-state index >= 15 is 0 Å². The number of piperidine rings is 1. The Morgan fingerprint density at radius 3 is 2.96 bits per heavy atom. The zero-order chi connectivity index (χ0) is 19.3. The van der Waals surface area contributed by atoms with Crippen molar-refractivity contribution in [2.45, 2.75) is 50.0 Å². The van der Waals surface area contributed by atoms with Gasteiger partial charge in [0.25, 0.3) is 0 Å². The maximum absolute atomic E-state index is 14.6. The van der Waals surface area contributed by atoms with Gasteiger partial charge in [-0.25, -0.2) is 9.37 Å². The fraction of sp³-hybridized carbons (Fsp3) is 0.400. The van der Waals surface area contributed by atoms with Crippen LogP contribution in [0, 0.1) is 0 Å². The molecule has 0 aliphatic carbocycles. The molecule has 2 fully saturated rings. The molecule has 0 saturated carbocycles. The van der Waals surface area contributed by atoms with E-state index in [1.807, 2.05) is 12.1 Å². The Bertz CT molecular complexity index is 1030. The topological polar surface area (TPSA) is 93.0 Å². The average Bonchev–Trinajstić information content (AvgIpc) is 3.04. The first-order valence-corrected chi connectivity index (χ1v) is 9.36. The maximum Gasteiger partial charge on any atom is 0.336 e. The molecule has 0 spiro atoms. The van der Waals surface area contributed by atoms with Gasteiger partial charge in [0.15, 0.2) is 6.17 Å². The van der Waals surface area contributed by atoms with Crippen molar-refractivity contribution in [1.29, 1.82) is 0 Å². The van der Waals surface area contributed by atoms with Crippen LogP contribution < -0.4 is 10.1 Å². The van der Waals surface area contributed by atoms with Crippen LogP contribution in [0.5, 0.6) is 11.8 Å². The lowest BCUT2D eigenvalue weighted by molar-refractivity contribution is 0.0203. The van der Waals surface area contributed by atoms with Gasteiger partial charge in [0, 0.05) is 41.3 Å². The lowest BCUT2D eigenvalue weighted by Gasteiger charge is -2.38. The highest BCUT2D eigenvalue weighted by Crippen LogP contribution is 2.38. The van der Waals surface area contributed by atoms with E-state index in [0.29, 0.717) is 17.7 Å². The fourth-order valence-electron chi connectivity index (χ4n) is 4.29. The summed E-state index contributed by atoms with van der Waals surface area (Å²) in [4.78, 5) is 8.24. The smallest absolute Gasteiger partial charge is 0.336 e. The van der Waals surface area contributed by atoms with Crippen molar-refractivity contribution < 1.29 is 14.2 Å². The second kappa shape index (κ2) is 6.34. The van der Waals surface area contributed by atoms with E-state index in [1.54, 1.807) is 18.5 Å². The van der Waals surface area contributed by atoms with Crippen LogP contribution in [0.3, 0.4) is 0 Å². The molecule has 0 unspecified atom stereocenters. The Morgan fingerprint density at radius 1 is 1.25 bits per heavy atom. The summed E-state index contributed by atoms with van der Waals surface area (Å²) in [7, 11) is 0.